The quantitative estimate of drug-likeness (QED) is 0.649. The monoisotopic (exact) mass is 500 g/mol. The van der Waals surface area contributed by atoms with Gasteiger partial charge in [-0.15, -0.1) is 0 Å². The number of ether oxygens (including phenoxy) is 1. The number of benzene rings is 1. The van der Waals surface area contributed by atoms with E-state index in [2.05, 4.69) is 16.5 Å². The lowest BCUT2D eigenvalue weighted by molar-refractivity contribution is -0.129. The van der Waals surface area contributed by atoms with Crippen LogP contribution >= 0.6 is 11.6 Å². The molecule has 1 aliphatic carbocycles. The second-order valence-corrected chi connectivity index (χ2v) is 9.51. The van der Waals surface area contributed by atoms with Gasteiger partial charge in [0.15, 0.2) is 0 Å². The van der Waals surface area contributed by atoms with Crippen LogP contribution in [0.15, 0.2) is 30.9 Å². The van der Waals surface area contributed by atoms with Crippen molar-refractivity contribution in [2.45, 2.75) is 31.5 Å². The Kier molecular flexibility index (Phi) is 6.14. The zero-order valence-corrected chi connectivity index (χ0v) is 20.1. The van der Waals surface area contributed by atoms with Crippen molar-refractivity contribution < 1.29 is 23.8 Å². The van der Waals surface area contributed by atoms with Crippen molar-refractivity contribution in [2.24, 2.45) is 0 Å². The summed E-state index contributed by atoms with van der Waals surface area (Å²) in [7, 11) is 1.73. The predicted octanol–water partition coefficient (Wildman–Crippen LogP) is 3.07. The summed E-state index contributed by atoms with van der Waals surface area (Å²) in [6, 6.07) is 3.91. The minimum absolute atomic E-state index is 0.0323. The first-order valence-electron chi connectivity index (χ1n) is 11.6. The number of pyridine rings is 1. The number of phenolic OH excluding ortho intramolecular Hbond substituents is 1. The lowest BCUT2D eigenvalue weighted by atomic mass is 10.0. The molecule has 3 aliphatic rings. The first-order valence-corrected chi connectivity index (χ1v) is 11.9. The highest BCUT2D eigenvalue weighted by atomic mass is 35.5. The molecule has 35 heavy (non-hydrogen) atoms. The lowest BCUT2D eigenvalue weighted by Crippen LogP contribution is -2.55. The van der Waals surface area contributed by atoms with Crippen molar-refractivity contribution in [1.29, 1.82) is 0 Å². The minimum atomic E-state index is -0.710. The van der Waals surface area contributed by atoms with E-state index in [1.807, 2.05) is 0 Å². The number of halogens is 2. The summed E-state index contributed by atoms with van der Waals surface area (Å²) < 4.78 is 21.0. The first-order chi connectivity index (χ1) is 16.8. The fourth-order valence-electron chi connectivity index (χ4n) is 4.73. The van der Waals surface area contributed by atoms with Crippen LogP contribution < -0.4 is 4.74 Å². The van der Waals surface area contributed by atoms with Crippen LogP contribution in [-0.2, 0) is 11.3 Å². The van der Waals surface area contributed by atoms with Crippen LogP contribution in [0.4, 0.5) is 4.39 Å². The molecule has 1 aromatic heterocycles. The maximum absolute atomic E-state index is 14.8. The van der Waals surface area contributed by atoms with Crippen molar-refractivity contribution in [2.75, 3.05) is 33.3 Å². The molecule has 1 N–H and O–H groups in total. The molecule has 1 atom stereocenters. The van der Waals surface area contributed by atoms with Crippen LogP contribution in [0.2, 0.25) is 5.02 Å². The summed E-state index contributed by atoms with van der Waals surface area (Å²) in [6.07, 6.45) is 3.12. The van der Waals surface area contributed by atoms with Gasteiger partial charge in [-0.2, -0.15) is 0 Å². The summed E-state index contributed by atoms with van der Waals surface area (Å²) in [4.78, 5) is 35.7. The molecule has 10 heteroatoms. The number of hydrogen-bond donors (Lipinski definition) is 1. The normalized spacial score (nSPS) is 19.7. The Morgan fingerprint density at radius 3 is 2.80 bits per heavy atom. The number of nitrogens with zero attached hydrogens (tertiary/aromatic N) is 4. The van der Waals surface area contributed by atoms with Gasteiger partial charge >= 0.3 is 0 Å². The van der Waals surface area contributed by atoms with E-state index >= 15 is 0 Å². The molecular weight excluding hydrogens is 475 g/mol. The van der Waals surface area contributed by atoms with Crippen molar-refractivity contribution in [3.05, 3.63) is 53.0 Å². The molecule has 5 rings (SSSR count). The molecule has 2 aromatic rings. The summed E-state index contributed by atoms with van der Waals surface area (Å²) in [6.45, 7) is 5.66. The highest BCUT2D eigenvalue weighted by molar-refractivity contribution is 6.35. The molecule has 0 spiro atoms. The van der Waals surface area contributed by atoms with Gasteiger partial charge in [-0.25, -0.2) is 9.37 Å². The number of rotatable bonds is 4. The van der Waals surface area contributed by atoms with E-state index in [0.29, 0.717) is 31.7 Å². The molecule has 2 fully saturated rings. The summed E-state index contributed by atoms with van der Waals surface area (Å²) >= 11 is 6.72. The van der Waals surface area contributed by atoms with Crippen LogP contribution in [0.3, 0.4) is 0 Å². The molecule has 0 bridgehead atoms. The Balaban J connectivity index is 1.61. The van der Waals surface area contributed by atoms with E-state index in [0.717, 1.165) is 12.8 Å². The average Bonchev–Trinajstić information content (AvgIpc) is 3.70. The second kappa shape index (κ2) is 9.13. The number of carbonyl (C=O) groups excluding carboxylic acids is 2. The van der Waals surface area contributed by atoms with Gasteiger partial charge in [-0.05, 0) is 31.1 Å². The Bertz CT molecular complexity index is 1200. The Hall–Kier alpha value is -3.17. The van der Waals surface area contributed by atoms with Gasteiger partial charge in [0.05, 0.1) is 11.6 Å². The van der Waals surface area contributed by atoms with Gasteiger partial charge < -0.3 is 19.6 Å². The van der Waals surface area contributed by atoms with Crippen molar-refractivity contribution in [1.82, 2.24) is 19.7 Å². The third-order valence-corrected chi connectivity index (χ3v) is 7.26. The van der Waals surface area contributed by atoms with Gasteiger partial charge in [0.25, 0.3) is 5.91 Å². The number of phenols is 1. The zero-order valence-electron chi connectivity index (χ0n) is 19.3. The molecular formula is C25H26ClFN4O4. The highest BCUT2D eigenvalue weighted by Crippen LogP contribution is 2.44. The molecule has 1 aromatic carbocycles. The summed E-state index contributed by atoms with van der Waals surface area (Å²) in [5.41, 5.74) is 0.424. The highest BCUT2D eigenvalue weighted by Gasteiger charge is 2.38. The van der Waals surface area contributed by atoms with E-state index in [1.54, 1.807) is 16.8 Å². The van der Waals surface area contributed by atoms with E-state index < -0.39 is 5.82 Å². The molecule has 8 nitrogen and oxygen atoms in total. The molecule has 0 radical (unpaired) electrons. The lowest BCUT2D eigenvalue weighted by Gasteiger charge is -2.39. The van der Waals surface area contributed by atoms with Crippen LogP contribution in [0, 0.1) is 5.82 Å². The maximum atomic E-state index is 14.8. The van der Waals surface area contributed by atoms with Crippen LogP contribution in [-0.4, -0.2) is 82.0 Å². The first kappa shape index (κ1) is 23.6. The Labute approximate surface area is 207 Å². The molecule has 2 amide bonds. The minimum Gasteiger partial charge on any atom is -0.507 e. The number of aromatic hydroxyl groups is 1. The summed E-state index contributed by atoms with van der Waals surface area (Å²) in [5.74, 6) is -1.25. The Morgan fingerprint density at radius 1 is 1.34 bits per heavy atom. The van der Waals surface area contributed by atoms with Crippen molar-refractivity contribution in [3.63, 3.8) is 0 Å². The fraction of sp³-hybridized carbons (Fsp3) is 0.400. The SMILES string of the molecule is C=CC(=O)N1CCN2Cc3c(C(=O)N(C)C4CC4)nc(-c4c(O)cccc4F)c(Cl)c3OC[C@H]2C1. The fourth-order valence-corrected chi connectivity index (χ4v) is 5.03. The van der Waals surface area contributed by atoms with Gasteiger partial charge in [0.1, 0.15) is 40.3 Å². The number of fused-ring (bicyclic) bond motifs is 2. The average molecular weight is 501 g/mol. The number of carbonyl (C=O) groups is 2. The standard InChI is InChI=1S/C25H26ClFN4O4/c1-3-19(33)31-10-9-30-12-16-22(25(34)29(2)14-7-8-14)28-23(20-17(27)5-4-6-18(20)32)21(26)24(16)35-13-15(30)11-31/h3-6,14-15,32H,1,7-13H2,2H3/t15-/m1/s1. The molecule has 1 saturated carbocycles. The second-order valence-electron chi connectivity index (χ2n) is 9.14. The maximum Gasteiger partial charge on any atom is 0.272 e. The molecule has 184 valence electrons. The third kappa shape index (κ3) is 4.23. The number of amides is 2. The zero-order chi connectivity index (χ0) is 24.9. The molecule has 0 unspecified atom stereocenters. The largest absolute Gasteiger partial charge is 0.507 e. The van der Waals surface area contributed by atoms with E-state index in [1.165, 1.54) is 24.3 Å². The van der Waals surface area contributed by atoms with E-state index in [9.17, 15) is 19.1 Å². The van der Waals surface area contributed by atoms with E-state index in [-0.39, 0.29) is 64.0 Å². The summed E-state index contributed by atoms with van der Waals surface area (Å²) in [5, 5.41) is 10.4. The van der Waals surface area contributed by atoms with Crippen LogP contribution in [0.25, 0.3) is 11.3 Å². The van der Waals surface area contributed by atoms with Gasteiger partial charge in [0.2, 0.25) is 5.91 Å². The third-order valence-electron chi connectivity index (χ3n) is 6.91. The molecule has 3 heterocycles. The molecule has 1 saturated heterocycles. The van der Waals surface area contributed by atoms with Crippen LogP contribution in [0.5, 0.6) is 11.5 Å². The van der Waals surface area contributed by atoms with Crippen molar-refractivity contribution >= 4 is 23.4 Å². The van der Waals surface area contributed by atoms with E-state index in [4.69, 9.17) is 16.3 Å². The van der Waals surface area contributed by atoms with Gasteiger partial charge in [-0.1, -0.05) is 24.2 Å². The Morgan fingerprint density at radius 2 is 2.11 bits per heavy atom. The number of hydrogen-bond acceptors (Lipinski definition) is 6. The van der Waals surface area contributed by atoms with Gasteiger partial charge in [-0.3, -0.25) is 14.5 Å². The topological polar surface area (TPSA) is 86.2 Å². The smallest absolute Gasteiger partial charge is 0.272 e. The van der Waals surface area contributed by atoms with Crippen LogP contribution in [0.1, 0.15) is 28.9 Å². The predicted molar refractivity (Wildman–Crippen MR) is 128 cm³/mol. The van der Waals surface area contributed by atoms with Gasteiger partial charge in [0, 0.05) is 44.8 Å². The number of piperazine rings is 1. The van der Waals surface area contributed by atoms with Crippen molar-refractivity contribution in [3.8, 4) is 22.8 Å². The number of aromatic nitrogens is 1. The molecule has 2 aliphatic heterocycles.